The summed E-state index contributed by atoms with van der Waals surface area (Å²) in [6.07, 6.45) is 4.42. The van der Waals surface area contributed by atoms with Crippen LogP contribution in [0, 0.1) is 30.6 Å². The summed E-state index contributed by atoms with van der Waals surface area (Å²) in [4.78, 5) is 40.1. The summed E-state index contributed by atoms with van der Waals surface area (Å²) in [6.45, 7) is 12.1. The number of fused-ring (bicyclic) bond motifs is 14. The molecular formula is C40H53N3O13. The van der Waals surface area contributed by atoms with Crippen LogP contribution in [0.15, 0.2) is 41.2 Å². The summed E-state index contributed by atoms with van der Waals surface area (Å²) in [6, 6.07) is 0. The summed E-state index contributed by atoms with van der Waals surface area (Å²) >= 11 is 0. The van der Waals surface area contributed by atoms with E-state index in [9.17, 15) is 45.0 Å². The van der Waals surface area contributed by atoms with E-state index in [-0.39, 0.29) is 57.6 Å². The number of ketones is 1. The van der Waals surface area contributed by atoms with Crippen molar-refractivity contribution in [1.82, 2.24) is 5.43 Å². The fourth-order valence-electron chi connectivity index (χ4n) is 7.10. The maximum Gasteiger partial charge on any atom is 0.312 e. The van der Waals surface area contributed by atoms with Crippen LogP contribution in [0.1, 0.15) is 70.0 Å². The van der Waals surface area contributed by atoms with Crippen LogP contribution in [-0.2, 0) is 23.8 Å². The molecule has 3 heterocycles. The molecule has 16 heteroatoms. The number of Topliss-reactive ketones (excluding diaryl/α,β-unsaturated/α-hetero) is 1. The molecule has 306 valence electrons. The van der Waals surface area contributed by atoms with Crippen LogP contribution in [0.25, 0.3) is 10.8 Å². The van der Waals surface area contributed by atoms with Crippen LogP contribution in [-0.4, -0.2) is 105 Å². The van der Waals surface area contributed by atoms with Crippen LogP contribution in [0.4, 0.5) is 5.69 Å². The van der Waals surface area contributed by atoms with Gasteiger partial charge in [-0.15, -0.1) is 0 Å². The molecule has 9 unspecified atom stereocenters. The fraction of sp³-hybridized carbons (Fsp3) is 0.500. The first kappa shape index (κ1) is 43.6. The van der Waals surface area contributed by atoms with E-state index in [4.69, 9.17) is 18.9 Å². The van der Waals surface area contributed by atoms with Crippen molar-refractivity contribution in [3.05, 3.63) is 52.8 Å². The van der Waals surface area contributed by atoms with Gasteiger partial charge in [-0.3, -0.25) is 14.4 Å². The number of hydrazone groups is 1. The smallest absolute Gasteiger partial charge is 0.312 e. The molecule has 0 saturated carbocycles. The van der Waals surface area contributed by atoms with E-state index in [0.717, 1.165) is 6.21 Å². The summed E-state index contributed by atoms with van der Waals surface area (Å²) in [5, 5.41) is 72.8. The van der Waals surface area contributed by atoms with E-state index in [1.807, 2.05) is 0 Å². The number of methoxy groups -OCH3 is 1. The average Bonchev–Trinajstić information content (AvgIpc) is 3.42. The van der Waals surface area contributed by atoms with E-state index in [1.165, 1.54) is 53.2 Å². The molecule has 0 radical (unpaired) electrons. The highest BCUT2D eigenvalue weighted by molar-refractivity contribution is 6.23. The number of aromatic hydroxyl groups is 3. The quantitative estimate of drug-likeness (QED) is 0.0521. The molecule has 3 aliphatic heterocycles. The van der Waals surface area contributed by atoms with Gasteiger partial charge >= 0.3 is 11.8 Å². The van der Waals surface area contributed by atoms with E-state index >= 15 is 0 Å². The van der Waals surface area contributed by atoms with Gasteiger partial charge < -0.3 is 60.3 Å². The number of esters is 1. The Bertz CT molecular complexity index is 1960. The topological polar surface area (TPSA) is 246 Å². The summed E-state index contributed by atoms with van der Waals surface area (Å²) in [7, 11) is 1.42. The van der Waals surface area contributed by atoms with Crippen LogP contribution in [0.3, 0.4) is 0 Å². The number of aliphatic hydroxyl groups is 3. The molecule has 2 aromatic carbocycles. The van der Waals surface area contributed by atoms with Gasteiger partial charge in [-0.2, -0.15) is 5.10 Å². The number of rotatable bonds is 6. The summed E-state index contributed by atoms with van der Waals surface area (Å²) in [5.41, 5.74) is 1.87. The second kappa shape index (κ2) is 17.7. The first-order valence-corrected chi connectivity index (χ1v) is 18.3. The Hall–Kier alpha value is -5.16. The lowest BCUT2D eigenvalue weighted by Gasteiger charge is -2.38. The van der Waals surface area contributed by atoms with Gasteiger partial charge in [0.15, 0.2) is 5.75 Å². The number of hydrogen-bond donors (Lipinski definition) is 8. The number of phenolic OH excluding ortho intramolecular Hbond substituents is 3. The number of aliphatic hydroxyl groups excluding tert-OH is 3. The molecule has 1 amide bonds. The number of benzene rings is 2. The maximum atomic E-state index is 14.3. The number of carbonyl (C=O) groups excluding carboxylic acids is 3. The van der Waals surface area contributed by atoms with E-state index in [0.29, 0.717) is 0 Å². The molecule has 3 aliphatic rings. The Morgan fingerprint density at radius 1 is 1.00 bits per heavy atom. The third-order valence-electron chi connectivity index (χ3n) is 10.5. The zero-order valence-corrected chi connectivity index (χ0v) is 33.0. The highest BCUT2D eigenvalue weighted by Gasteiger charge is 2.50. The van der Waals surface area contributed by atoms with Crippen molar-refractivity contribution in [2.24, 2.45) is 28.8 Å². The fourth-order valence-corrected chi connectivity index (χ4v) is 7.10. The number of nitrogens with one attached hydrogen (secondary N) is 2. The number of carbonyl (C=O) groups is 3. The van der Waals surface area contributed by atoms with Gasteiger partial charge in [-0.1, -0.05) is 45.9 Å². The van der Waals surface area contributed by atoms with Gasteiger partial charge in [-0.05, 0) is 19.9 Å². The lowest BCUT2D eigenvalue weighted by atomic mass is 9.78. The van der Waals surface area contributed by atoms with Gasteiger partial charge in [0.1, 0.15) is 23.4 Å². The standard InChI is InChI=1S/C40H53N3O13/c1-18-11-10-12-19(2)39(52)43-30-25(17-42-41-14-15-44)34(49)27-28(35(30)50)33(48)23(6)37-29(27)38(51)40(8,56-37)54-16-13-26(53-9)20(3)36(55-24(7)45)22(5)32(47)21(4)31(18)46/h10-13,16-18,20-22,26,31-32,36,41,44,46-50H,14-15H2,1-9H3,(H,43,52)/b11-10-,16-13-,19-12-,42-17+. The van der Waals surface area contributed by atoms with Crippen LogP contribution >= 0.6 is 0 Å². The van der Waals surface area contributed by atoms with Crippen molar-refractivity contribution in [2.45, 2.75) is 85.6 Å². The van der Waals surface area contributed by atoms with Gasteiger partial charge in [0.2, 0.25) is 0 Å². The molecule has 56 heavy (non-hydrogen) atoms. The molecule has 2 aromatic rings. The highest BCUT2D eigenvalue weighted by atomic mass is 16.7. The number of anilines is 1. The first-order valence-electron chi connectivity index (χ1n) is 18.3. The monoisotopic (exact) mass is 783 g/mol. The highest BCUT2D eigenvalue weighted by Crippen LogP contribution is 2.55. The van der Waals surface area contributed by atoms with Gasteiger partial charge in [0.05, 0.1) is 66.1 Å². The number of phenols is 3. The zero-order chi connectivity index (χ0) is 41.8. The second-order valence-corrected chi connectivity index (χ2v) is 14.5. The molecule has 5 bridgehead atoms. The minimum Gasteiger partial charge on any atom is -0.507 e. The van der Waals surface area contributed by atoms with Crippen molar-refractivity contribution in [3.8, 4) is 23.0 Å². The Morgan fingerprint density at radius 2 is 1.68 bits per heavy atom. The number of ether oxygens (including phenoxy) is 4. The molecular weight excluding hydrogens is 730 g/mol. The number of hydrogen-bond acceptors (Lipinski definition) is 15. The lowest BCUT2D eigenvalue weighted by Crippen LogP contribution is -2.46. The predicted molar refractivity (Wildman–Crippen MR) is 206 cm³/mol. The van der Waals surface area contributed by atoms with E-state index in [2.05, 4.69) is 15.8 Å². The molecule has 0 aliphatic carbocycles. The lowest BCUT2D eigenvalue weighted by molar-refractivity contribution is -0.160. The minimum absolute atomic E-state index is 0.0209. The molecule has 0 spiro atoms. The van der Waals surface area contributed by atoms with E-state index in [1.54, 1.807) is 39.8 Å². The van der Waals surface area contributed by atoms with Gasteiger partial charge in [0, 0.05) is 61.2 Å². The Kier molecular flexibility index (Phi) is 13.8. The normalized spacial score (nSPS) is 31.0. The third-order valence-corrected chi connectivity index (χ3v) is 10.5. The summed E-state index contributed by atoms with van der Waals surface area (Å²) in [5.74, 6) is -8.76. The third kappa shape index (κ3) is 8.48. The number of allylic oxidation sites excluding steroid dienone is 2. The Balaban J connectivity index is 1.97. The van der Waals surface area contributed by atoms with Crippen LogP contribution in [0.5, 0.6) is 23.0 Å². The van der Waals surface area contributed by atoms with Crippen molar-refractivity contribution < 1.29 is 64.0 Å². The minimum atomic E-state index is -2.07. The van der Waals surface area contributed by atoms with E-state index < -0.39 is 88.8 Å². The SMILES string of the molecule is COC1/C=C\OC2(C)Oc3c(C)c(O)c4c(O)c(c(/C=N/NCCO)c(O)c4c3C2=O)NC(=O)/C(C)=C\C=C/C(C)C(O)C(C)C(O)C(C)C(OC(C)=O)C1C. The zero-order valence-electron chi connectivity index (χ0n) is 33.0. The second-order valence-electron chi connectivity index (χ2n) is 14.5. The van der Waals surface area contributed by atoms with Crippen LogP contribution in [0.2, 0.25) is 0 Å². The summed E-state index contributed by atoms with van der Waals surface area (Å²) < 4.78 is 23.4. The Morgan fingerprint density at radius 3 is 2.30 bits per heavy atom. The van der Waals surface area contributed by atoms with Crippen molar-refractivity contribution in [2.75, 3.05) is 25.6 Å². The first-order chi connectivity index (χ1) is 26.3. The maximum absolute atomic E-state index is 14.3. The number of nitrogens with zero attached hydrogens (tertiary/aromatic N) is 1. The molecule has 0 aromatic heterocycles. The van der Waals surface area contributed by atoms with Gasteiger partial charge in [-0.25, -0.2) is 0 Å². The number of amides is 1. The van der Waals surface area contributed by atoms with Crippen molar-refractivity contribution in [3.63, 3.8) is 0 Å². The average molecular weight is 784 g/mol. The molecule has 16 nitrogen and oxygen atoms in total. The predicted octanol–water partition coefficient (Wildman–Crippen LogP) is 3.67. The molecule has 5 rings (SSSR count). The Labute approximate surface area is 325 Å². The van der Waals surface area contributed by atoms with Gasteiger partial charge in [0.25, 0.3) is 11.7 Å². The molecule has 0 fully saturated rings. The molecule has 8 N–H and O–H groups in total. The molecule has 9 atom stereocenters. The van der Waals surface area contributed by atoms with Crippen LogP contribution < -0.4 is 15.5 Å². The largest absolute Gasteiger partial charge is 0.507 e. The van der Waals surface area contributed by atoms with Crippen molar-refractivity contribution >= 4 is 40.3 Å². The molecule has 0 saturated heterocycles. The van der Waals surface area contributed by atoms with Crippen molar-refractivity contribution in [1.29, 1.82) is 0 Å².